The zero-order valence-corrected chi connectivity index (χ0v) is 12.1. The van der Waals surface area contributed by atoms with Crippen LogP contribution in [0, 0.1) is 5.92 Å². The third-order valence-electron chi connectivity index (χ3n) is 3.71. The van der Waals surface area contributed by atoms with Gasteiger partial charge >= 0.3 is 0 Å². The first-order valence-electron chi connectivity index (χ1n) is 7.10. The van der Waals surface area contributed by atoms with E-state index in [1.165, 1.54) is 0 Å². The van der Waals surface area contributed by atoms with E-state index in [1.807, 2.05) is 51.1 Å². The van der Waals surface area contributed by atoms with E-state index in [9.17, 15) is 9.90 Å². The molecular formula is C16H25NO2. The summed E-state index contributed by atoms with van der Waals surface area (Å²) in [6.45, 7) is 6.36. The number of benzene rings is 1. The number of hydrogen-bond donors (Lipinski definition) is 2. The van der Waals surface area contributed by atoms with E-state index < -0.39 is 6.10 Å². The van der Waals surface area contributed by atoms with Crippen molar-refractivity contribution in [2.75, 3.05) is 6.54 Å². The lowest BCUT2D eigenvalue weighted by Crippen LogP contribution is -2.37. The molecule has 1 aromatic rings. The van der Waals surface area contributed by atoms with E-state index in [0.717, 1.165) is 18.4 Å². The van der Waals surface area contributed by atoms with Crippen LogP contribution in [0.15, 0.2) is 30.3 Å². The molecule has 1 amide bonds. The van der Waals surface area contributed by atoms with E-state index in [0.29, 0.717) is 6.54 Å². The molecule has 19 heavy (non-hydrogen) atoms. The summed E-state index contributed by atoms with van der Waals surface area (Å²) in [5.74, 6) is 0.0680. The van der Waals surface area contributed by atoms with Gasteiger partial charge in [-0.3, -0.25) is 4.79 Å². The van der Waals surface area contributed by atoms with Gasteiger partial charge < -0.3 is 10.4 Å². The van der Waals surface area contributed by atoms with Gasteiger partial charge in [-0.25, -0.2) is 0 Å². The third kappa shape index (κ3) is 4.67. The molecule has 1 aromatic carbocycles. The number of amides is 1. The fraction of sp³-hybridized carbons (Fsp3) is 0.562. The lowest BCUT2D eigenvalue weighted by Gasteiger charge is -2.20. The molecule has 0 aliphatic heterocycles. The molecule has 3 unspecified atom stereocenters. The van der Waals surface area contributed by atoms with Crippen molar-refractivity contribution in [3.63, 3.8) is 0 Å². The Bertz CT molecular complexity index is 378. The van der Waals surface area contributed by atoms with Crippen LogP contribution in [-0.4, -0.2) is 23.7 Å². The number of rotatable bonds is 7. The van der Waals surface area contributed by atoms with Crippen LogP contribution in [0.4, 0.5) is 0 Å². The Balaban J connectivity index is 2.56. The SMILES string of the molecule is CCC(C(=O)NCC(O)C(C)CC)c1ccccc1. The highest BCUT2D eigenvalue weighted by molar-refractivity contribution is 5.83. The predicted octanol–water partition coefficient (Wildman–Crippen LogP) is 2.70. The zero-order valence-electron chi connectivity index (χ0n) is 12.1. The molecule has 106 valence electrons. The summed E-state index contributed by atoms with van der Waals surface area (Å²) >= 11 is 0. The smallest absolute Gasteiger partial charge is 0.227 e. The molecule has 0 spiro atoms. The second-order valence-corrected chi connectivity index (χ2v) is 5.07. The van der Waals surface area contributed by atoms with Gasteiger partial charge in [-0.15, -0.1) is 0 Å². The molecule has 2 N–H and O–H groups in total. The Morgan fingerprint density at radius 2 is 1.84 bits per heavy atom. The van der Waals surface area contributed by atoms with Gasteiger partial charge in [0.2, 0.25) is 5.91 Å². The second kappa shape index (κ2) is 7.95. The number of aliphatic hydroxyl groups is 1. The molecule has 0 fully saturated rings. The summed E-state index contributed by atoms with van der Waals surface area (Å²) < 4.78 is 0. The Morgan fingerprint density at radius 1 is 1.21 bits per heavy atom. The highest BCUT2D eigenvalue weighted by Crippen LogP contribution is 2.19. The maximum atomic E-state index is 12.2. The summed E-state index contributed by atoms with van der Waals surface area (Å²) in [4.78, 5) is 12.2. The van der Waals surface area contributed by atoms with Crippen molar-refractivity contribution < 1.29 is 9.90 Å². The Kier molecular flexibility index (Phi) is 6.57. The average Bonchev–Trinajstić information content (AvgIpc) is 2.45. The molecule has 1 rings (SSSR count). The number of carbonyl (C=O) groups is 1. The monoisotopic (exact) mass is 263 g/mol. The van der Waals surface area contributed by atoms with Crippen LogP contribution in [0.5, 0.6) is 0 Å². The summed E-state index contributed by atoms with van der Waals surface area (Å²) in [7, 11) is 0. The van der Waals surface area contributed by atoms with Crippen molar-refractivity contribution in [3.8, 4) is 0 Å². The topological polar surface area (TPSA) is 49.3 Å². The van der Waals surface area contributed by atoms with Gasteiger partial charge in [-0.05, 0) is 17.9 Å². The summed E-state index contributed by atoms with van der Waals surface area (Å²) in [6, 6.07) is 9.77. The molecule has 0 aliphatic carbocycles. The van der Waals surface area contributed by atoms with E-state index >= 15 is 0 Å². The Morgan fingerprint density at radius 3 is 2.37 bits per heavy atom. The van der Waals surface area contributed by atoms with Crippen LogP contribution in [0.1, 0.15) is 45.1 Å². The lowest BCUT2D eigenvalue weighted by atomic mass is 9.95. The maximum absolute atomic E-state index is 12.2. The van der Waals surface area contributed by atoms with Crippen LogP contribution in [0.3, 0.4) is 0 Å². The standard InChI is InChI=1S/C16H25NO2/c1-4-12(3)15(18)11-17-16(19)14(5-2)13-9-7-6-8-10-13/h6-10,12,14-15,18H,4-5,11H2,1-3H3,(H,17,19). The maximum Gasteiger partial charge on any atom is 0.227 e. The highest BCUT2D eigenvalue weighted by atomic mass is 16.3. The minimum absolute atomic E-state index is 0.00365. The lowest BCUT2D eigenvalue weighted by molar-refractivity contribution is -0.123. The van der Waals surface area contributed by atoms with Gasteiger partial charge in [0, 0.05) is 6.54 Å². The number of nitrogens with one attached hydrogen (secondary N) is 1. The van der Waals surface area contributed by atoms with Crippen molar-refractivity contribution in [1.29, 1.82) is 0 Å². The molecule has 0 bridgehead atoms. The highest BCUT2D eigenvalue weighted by Gasteiger charge is 2.20. The van der Waals surface area contributed by atoms with Gasteiger partial charge in [-0.1, -0.05) is 57.5 Å². The van der Waals surface area contributed by atoms with Crippen LogP contribution in [0.25, 0.3) is 0 Å². The van der Waals surface area contributed by atoms with Crippen molar-refractivity contribution >= 4 is 5.91 Å². The minimum Gasteiger partial charge on any atom is -0.391 e. The van der Waals surface area contributed by atoms with E-state index in [4.69, 9.17) is 0 Å². The Hall–Kier alpha value is -1.35. The number of hydrogen-bond acceptors (Lipinski definition) is 2. The van der Waals surface area contributed by atoms with E-state index in [-0.39, 0.29) is 17.7 Å². The quantitative estimate of drug-likeness (QED) is 0.794. The third-order valence-corrected chi connectivity index (χ3v) is 3.71. The van der Waals surface area contributed by atoms with Crippen LogP contribution in [-0.2, 0) is 4.79 Å². The molecule has 0 aromatic heterocycles. The first-order valence-corrected chi connectivity index (χ1v) is 7.10. The second-order valence-electron chi connectivity index (χ2n) is 5.07. The van der Waals surface area contributed by atoms with E-state index in [1.54, 1.807) is 0 Å². The molecule has 3 atom stereocenters. The van der Waals surface area contributed by atoms with Gasteiger partial charge in [0.15, 0.2) is 0 Å². The van der Waals surface area contributed by atoms with Crippen molar-refractivity contribution in [2.45, 2.75) is 45.6 Å². The molecular weight excluding hydrogens is 238 g/mol. The largest absolute Gasteiger partial charge is 0.391 e. The van der Waals surface area contributed by atoms with Crippen molar-refractivity contribution in [1.82, 2.24) is 5.32 Å². The summed E-state index contributed by atoms with van der Waals surface area (Å²) in [5, 5.41) is 12.7. The fourth-order valence-corrected chi connectivity index (χ4v) is 2.06. The predicted molar refractivity (Wildman–Crippen MR) is 77.9 cm³/mol. The van der Waals surface area contributed by atoms with Crippen LogP contribution >= 0.6 is 0 Å². The molecule has 0 saturated heterocycles. The van der Waals surface area contributed by atoms with Crippen LogP contribution < -0.4 is 5.32 Å². The fourth-order valence-electron chi connectivity index (χ4n) is 2.06. The first-order chi connectivity index (χ1) is 9.10. The molecule has 0 saturated carbocycles. The van der Waals surface area contributed by atoms with E-state index in [2.05, 4.69) is 5.32 Å². The number of aliphatic hydroxyl groups excluding tert-OH is 1. The van der Waals surface area contributed by atoms with Gasteiger partial charge in [-0.2, -0.15) is 0 Å². The molecule has 0 heterocycles. The van der Waals surface area contributed by atoms with Gasteiger partial charge in [0.05, 0.1) is 12.0 Å². The molecule has 0 radical (unpaired) electrons. The molecule has 0 aliphatic rings. The van der Waals surface area contributed by atoms with Crippen LogP contribution in [0.2, 0.25) is 0 Å². The molecule has 3 nitrogen and oxygen atoms in total. The minimum atomic E-state index is -0.470. The first kappa shape index (κ1) is 15.7. The van der Waals surface area contributed by atoms with Gasteiger partial charge in [0.25, 0.3) is 0 Å². The summed E-state index contributed by atoms with van der Waals surface area (Å²) in [5.41, 5.74) is 1.03. The molecule has 3 heteroatoms. The normalized spacial score (nSPS) is 15.6. The van der Waals surface area contributed by atoms with Gasteiger partial charge in [0.1, 0.15) is 0 Å². The Labute approximate surface area is 116 Å². The average molecular weight is 263 g/mol. The summed E-state index contributed by atoms with van der Waals surface area (Å²) in [6.07, 6.45) is 1.20. The van der Waals surface area contributed by atoms with Crippen molar-refractivity contribution in [2.24, 2.45) is 5.92 Å². The number of carbonyl (C=O) groups excluding carboxylic acids is 1. The van der Waals surface area contributed by atoms with Crippen molar-refractivity contribution in [3.05, 3.63) is 35.9 Å². The zero-order chi connectivity index (χ0) is 14.3.